The Bertz CT molecular complexity index is 997. The van der Waals surface area contributed by atoms with E-state index in [0.717, 1.165) is 4.90 Å². The highest BCUT2D eigenvalue weighted by Gasteiger charge is 2.37. The van der Waals surface area contributed by atoms with Gasteiger partial charge in [0.1, 0.15) is 11.3 Å². The zero-order valence-corrected chi connectivity index (χ0v) is 14.2. The summed E-state index contributed by atoms with van der Waals surface area (Å²) in [6, 6.07) is 10.7. The molecule has 1 fully saturated rings. The van der Waals surface area contributed by atoms with Gasteiger partial charge in [0.25, 0.3) is 11.8 Å². The van der Waals surface area contributed by atoms with Gasteiger partial charge in [0.05, 0.1) is 12.8 Å². The molecule has 2 heterocycles. The number of imide groups is 2. The average Bonchev–Trinajstić information content (AvgIpc) is 3.13. The lowest BCUT2D eigenvalue weighted by atomic mass is 10.1. The molecule has 0 bridgehead atoms. The molecule has 27 heavy (non-hydrogen) atoms. The standard InChI is InChI=1S/C19H14N2O6/c1-25-14-5-3-2-4-11(14)8-13-17(22)20-19(24)21(18(13)23)12-6-7-15-16(9-12)27-10-26-15/h2-9H,10H2,1H3,(H,20,22,24)/b13-8+. The number of nitrogens with zero attached hydrogens (tertiary/aromatic N) is 1. The number of para-hydroxylation sites is 1. The number of fused-ring (bicyclic) bond motifs is 1. The number of nitrogens with one attached hydrogen (secondary N) is 1. The van der Waals surface area contributed by atoms with E-state index in [2.05, 4.69) is 5.32 Å². The van der Waals surface area contributed by atoms with Crippen molar-refractivity contribution < 1.29 is 28.6 Å². The normalized spacial score (nSPS) is 17.3. The van der Waals surface area contributed by atoms with Gasteiger partial charge in [-0.2, -0.15) is 0 Å². The van der Waals surface area contributed by atoms with Gasteiger partial charge in [0.2, 0.25) is 6.79 Å². The maximum atomic E-state index is 12.9. The molecule has 1 N–H and O–H groups in total. The molecule has 2 aromatic carbocycles. The Balaban J connectivity index is 1.74. The van der Waals surface area contributed by atoms with E-state index < -0.39 is 17.8 Å². The van der Waals surface area contributed by atoms with Crippen LogP contribution in [0.15, 0.2) is 48.0 Å². The zero-order valence-electron chi connectivity index (χ0n) is 14.2. The topological polar surface area (TPSA) is 94.2 Å². The van der Waals surface area contributed by atoms with Crippen LogP contribution < -0.4 is 24.4 Å². The Morgan fingerprint density at radius 3 is 2.67 bits per heavy atom. The van der Waals surface area contributed by atoms with E-state index >= 15 is 0 Å². The van der Waals surface area contributed by atoms with Crippen LogP contribution in [0.5, 0.6) is 17.2 Å². The number of benzene rings is 2. The minimum Gasteiger partial charge on any atom is -0.496 e. The number of barbiturate groups is 1. The van der Waals surface area contributed by atoms with E-state index in [9.17, 15) is 14.4 Å². The summed E-state index contributed by atoms with van der Waals surface area (Å²) in [4.78, 5) is 38.3. The van der Waals surface area contributed by atoms with Gasteiger partial charge in [-0.1, -0.05) is 18.2 Å². The second-order valence-electron chi connectivity index (χ2n) is 5.74. The molecular weight excluding hydrogens is 352 g/mol. The van der Waals surface area contributed by atoms with Crippen LogP contribution in [0.1, 0.15) is 5.56 Å². The number of urea groups is 1. The van der Waals surface area contributed by atoms with Gasteiger partial charge in [0, 0.05) is 11.6 Å². The molecule has 0 unspecified atom stereocenters. The first kappa shape index (κ1) is 16.6. The first-order valence-electron chi connectivity index (χ1n) is 8.02. The number of anilines is 1. The maximum absolute atomic E-state index is 12.9. The molecule has 136 valence electrons. The highest BCUT2D eigenvalue weighted by molar-refractivity contribution is 6.39. The monoisotopic (exact) mass is 366 g/mol. The van der Waals surface area contributed by atoms with Gasteiger partial charge in [0.15, 0.2) is 11.5 Å². The van der Waals surface area contributed by atoms with Crippen molar-refractivity contribution in [3.05, 3.63) is 53.6 Å². The summed E-state index contributed by atoms with van der Waals surface area (Å²) in [6.45, 7) is 0.0658. The van der Waals surface area contributed by atoms with Crippen molar-refractivity contribution in [1.82, 2.24) is 5.32 Å². The fourth-order valence-corrected chi connectivity index (χ4v) is 2.86. The Hall–Kier alpha value is -3.81. The lowest BCUT2D eigenvalue weighted by molar-refractivity contribution is -0.122. The predicted molar refractivity (Wildman–Crippen MR) is 94.6 cm³/mol. The highest BCUT2D eigenvalue weighted by Crippen LogP contribution is 2.36. The summed E-state index contributed by atoms with van der Waals surface area (Å²) in [5, 5.41) is 2.18. The third-order valence-electron chi connectivity index (χ3n) is 4.15. The molecule has 1 saturated heterocycles. The molecule has 2 aromatic rings. The van der Waals surface area contributed by atoms with E-state index in [4.69, 9.17) is 14.2 Å². The Morgan fingerprint density at radius 1 is 1.07 bits per heavy atom. The summed E-state index contributed by atoms with van der Waals surface area (Å²) < 4.78 is 15.8. The largest absolute Gasteiger partial charge is 0.496 e. The third kappa shape index (κ3) is 2.86. The molecule has 0 aromatic heterocycles. The number of carbonyl (C=O) groups excluding carboxylic acids is 3. The molecule has 0 atom stereocenters. The van der Waals surface area contributed by atoms with Crippen LogP contribution in [0.25, 0.3) is 6.08 Å². The van der Waals surface area contributed by atoms with Gasteiger partial charge >= 0.3 is 6.03 Å². The van der Waals surface area contributed by atoms with E-state index in [-0.39, 0.29) is 18.1 Å². The summed E-state index contributed by atoms with van der Waals surface area (Å²) in [7, 11) is 1.49. The summed E-state index contributed by atoms with van der Waals surface area (Å²) >= 11 is 0. The van der Waals surface area contributed by atoms with Crippen LogP contribution in [0.2, 0.25) is 0 Å². The number of rotatable bonds is 3. The van der Waals surface area contributed by atoms with E-state index in [0.29, 0.717) is 22.8 Å². The van der Waals surface area contributed by atoms with Crippen LogP contribution in [-0.4, -0.2) is 31.7 Å². The van der Waals surface area contributed by atoms with Crippen molar-refractivity contribution in [2.24, 2.45) is 0 Å². The van der Waals surface area contributed by atoms with E-state index in [1.54, 1.807) is 36.4 Å². The third-order valence-corrected chi connectivity index (χ3v) is 4.15. The highest BCUT2D eigenvalue weighted by atomic mass is 16.7. The fraction of sp³-hybridized carbons (Fsp3) is 0.105. The molecule has 0 aliphatic carbocycles. The number of amides is 4. The van der Waals surface area contributed by atoms with Gasteiger partial charge in [-0.3, -0.25) is 14.9 Å². The molecule has 0 saturated carbocycles. The first-order chi connectivity index (χ1) is 13.1. The van der Waals surface area contributed by atoms with Crippen LogP contribution in [-0.2, 0) is 9.59 Å². The molecule has 2 aliphatic rings. The number of methoxy groups -OCH3 is 1. The van der Waals surface area contributed by atoms with Crippen LogP contribution in [0.4, 0.5) is 10.5 Å². The Labute approximate surface area is 153 Å². The minimum absolute atomic E-state index is 0.0658. The van der Waals surface area contributed by atoms with Gasteiger partial charge in [-0.05, 0) is 24.3 Å². The lowest BCUT2D eigenvalue weighted by Crippen LogP contribution is -2.54. The van der Waals surface area contributed by atoms with Crippen molar-refractivity contribution in [3.63, 3.8) is 0 Å². The Morgan fingerprint density at radius 2 is 1.85 bits per heavy atom. The molecule has 8 heteroatoms. The molecule has 4 rings (SSSR count). The number of hydrogen-bond acceptors (Lipinski definition) is 6. The Kier molecular flexibility index (Phi) is 4.00. The van der Waals surface area contributed by atoms with Crippen molar-refractivity contribution >= 4 is 29.6 Å². The average molecular weight is 366 g/mol. The smallest absolute Gasteiger partial charge is 0.335 e. The second kappa shape index (κ2) is 6.49. The number of ether oxygens (including phenoxy) is 3. The minimum atomic E-state index is -0.832. The molecular formula is C19H14N2O6. The SMILES string of the molecule is COc1ccccc1/C=C1\C(=O)NC(=O)N(c2ccc3c(c2)OCO3)C1=O. The van der Waals surface area contributed by atoms with Crippen molar-refractivity contribution in [2.75, 3.05) is 18.8 Å². The quantitative estimate of drug-likeness (QED) is 0.660. The van der Waals surface area contributed by atoms with E-state index in [1.165, 1.54) is 19.3 Å². The van der Waals surface area contributed by atoms with E-state index in [1.807, 2.05) is 0 Å². The van der Waals surface area contributed by atoms with Gasteiger partial charge < -0.3 is 14.2 Å². The maximum Gasteiger partial charge on any atom is 0.335 e. The van der Waals surface area contributed by atoms with Crippen LogP contribution >= 0.6 is 0 Å². The van der Waals surface area contributed by atoms with Crippen LogP contribution in [0.3, 0.4) is 0 Å². The summed E-state index contributed by atoms with van der Waals surface area (Å²) in [5.41, 5.74) is 0.621. The van der Waals surface area contributed by atoms with Crippen molar-refractivity contribution in [3.8, 4) is 17.2 Å². The molecule has 2 aliphatic heterocycles. The van der Waals surface area contributed by atoms with Crippen LogP contribution in [0, 0.1) is 0 Å². The first-order valence-corrected chi connectivity index (χ1v) is 8.02. The number of carbonyl (C=O) groups is 3. The van der Waals surface area contributed by atoms with Gasteiger partial charge in [-0.15, -0.1) is 0 Å². The van der Waals surface area contributed by atoms with Crippen molar-refractivity contribution in [2.45, 2.75) is 0 Å². The lowest BCUT2D eigenvalue weighted by Gasteiger charge is -2.26. The fourth-order valence-electron chi connectivity index (χ4n) is 2.86. The molecule has 8 nitrogen and oxygen atoms in total. The summed E-state index contributed by atoms with van der Waals surface area (Å²) in [5.74, 6) is -0.0803. The number of hydrogen-bond donors (Lipinski definition) is 1. The van der Waals surface area contributed by atoms with Gasteiger partial charge in [-0.25, -0.2) is 9.69 Å². The van der Waals surface area contributed by atoms with Crippen molar-refractivity contribution in [1.29, 1.82) is 0 Å². The molecule has 4 amide bonds. The molecule has 0 radical (unpaired) electrons. The second-order valence-corrected chi connectivity index (χ2v) is 5.74. The zero-order chi connectivity index (χ0) is 19.0. The predicted octanol–water partition coefficient (Wildman–Crippen LogP) is 2.09. The molecule has 0 spiro atoms. The summed E-state index contributed by atoms with van der Waals surface area (Å²) in [6.07, 6.45) is 1.39.